The Balaban J connectivity index is 1.04. The van der Waals surface area contributed by atoms with E-state index >= 15 is 0 Å². The summed E-state index contributed by atoms with van der Waals surface area (Å²) in [4.78, 5) is 0. The van der Waals surface area contributed by atoms with Gasteiger partial charge in [-0.25, -0.2) is 0 Å². The molecular weight excluding hydrogens is 783 g/mol. The van der Waals surface area contributed by atoms with E-state index in [9.17, 15) is 0 Å². The first-order chi connectivity index (χ1) is 31.2. The van der Waals surface area contributed by atoms with Crippen LogP contribution in [-0.4, -0.2) is 4.57 Å². The van der Waals surface area contributed by atoms with Crippen LogP contribution in [0.25, 0.3) is 82.8 Å². The Kier molecular flexibility index (Phi) is 10.5. The lowest BCUT2D eigenvalue weighted by atomic mass is 9.77. The van der Waals surface area contributed by atoms with Crippen LogP contribution in [0.5, 0.6) is 0 Å². The Morgan fingerprint density at radius 3 is 1.46 bits per heavy atom. The Hall–Kier alpha value is -6.96. The number of aromatic nitrogens is 1. The Bertz CT molecular complexity index is 3310. The van der Waals surface area contributed by atoms with Gasteiger partial charge in [0.2, 0.25) is 0 Å². The van der Waals surface area contributed by atoms with Crippen molar-refractivity contribution < 1.29 is 0 Å². The van der Waals surface area contributed by atoms with Crippen LogP contribution in [-0.2, 0) is 22.7 Å². The van der Waals surface area contributed by atoms with Crippen molar-refractivity contribution in [3.63, 3.8) is 0 Å². The van der Waals surface area contributed by atoms with Crippen LogP contribution in [0.2, 0.25) is 0 Å². The van der Waals surface area contributed by atoms with Gasteiger partial charge < -0.3 is 4.57 Å². The summed E-state index contributed by atoms with van der Waals surface area (Å²) in [7, 11) is 0. The number of para-hydroxylation sites is 1. The highest BCUT2D eigenvalue weighted by Gasteiger charge is 2.24. The van der Waals surface area contributed by atoms with Gasteiger partial charge in [-0.2, -0.15) is 0 Å². The Labute approximate surface area is 386 Å². The fourth-order valence-corrected chi connectivity index (χ4v) is 9.91. The molecular formula is C64H59N. The van der Waals surface area contributed by atoms with Crippen LogP contribution in [0.4, 0.5) is 0 Å². The highest BCUT2D eigenvalue weighted by molar-refractivity contribution is 6.10. The van der Waals surface area contributed by atoms with E-state index in [1.807, 2.05) is 0 Å². The average molecular weight is 842 g/mol. The van der Waals surface area contributed by atoms with E-state index in [2.05, 4.69) is 260 Å². The highest BCUT2D eigenvalue weighted by atomic mass is 15.0. The number of hydrogen-bond acceptors (Lipinski definition) is 0. The molecule has 0 amide bonds. The van der Waals surface area contributed by atoms with E-state index in [1.165, 1.54) is 105 Å². The van der Waals surface area contributed by atoms with Crippen molar-refractivity contribution in [2.45, 2.75) is 78.1 Å². The number of hydrogen-bond donors (Lipinski definition) is 0. The van der Waals surface area contributed by atoms with Crippen molar-refractivity contribution in [3.05, 3.63) is 222 Å². The molecule has 1 nitrogen and oxygen atoms in total. The molecule has 0 spiro atoms. The minimum atomic E-state index is -0.114. The summed E-state index contributed by atoms with van der Waals surface area (Å²) >= 11 is 0. The number of fused-ring (bicyclic) bond motifs is 4. The van der Waals surface area contributed by atoms with Crippen molar-refractivity contribution in [1.82, 2.24) is 4.57 Å². The second kappa shape index (κ2) is 16.2. The van der Waals surface area contributed by atoms with Crippen molar-refractivity contribution in [3.8, 4) is 50.2 Å². The highest BCUT2D eigenvalue weighted by Crippen LogP contribution is 2.41. The molecule has 0 fully saturated rings. The molecule has 0 radical (unpaired) electrons. The minimum absolute atomic E-state index is 0.0719. The maximum Gasteiger partial charge on any atom is 0.0541 e. The lowest BCUT2D eigenvalue weighted by Gasteiger charge is -2.27. The monoisotopic (exact) mass is 841 g/mol. The van der Waals surface area contributed by atoms with Crippen LogP contribution in [0.1, 0.15) is 77.6 Å². The second-order valence-corrected chi connectivity index (χ2v) is 20.8. The number of nitrogens with zero attached hydrogens (tertiary/aromatic N) is 1. The molecule has 65 heavy (non-hydrogen) atoms. The van der Waals surface area contributed by atoms with E-state index in [-0.39, 0.29) is 16.2 Å². The lowest BCUT2D eigenvalue weighted by molar-refractivity contribution is 0.523. The fraction of sp³-hybridized carbons (Fsp3) is 0.188. The maximum absolute atomic E-state index is 2.47. The zero-order valence-corrected chi connectivity index (χ0v) is 39.2. The molecule has 0 N–H and O–H groups in total. The van der Waals surface area contributed by atoms with Gasteiger partial charge in [0.05, 0.1) is 11.0 Å². The summed E-state index contributed by atoms with van der Waals surface area (Å²) in [5.74, 6) is 0. The molecule has 9 aromatic carbocycles. The molecule has 0 aliphatic heterocycles. The molecule has 1 aromatic heterocycles. The third kappa shape index (κ3) is 8.10. The van der Waals surface area contributed by atoms with Gasteiger partial charge in [0.1, 0.15) is 0 Å². The van der Waals surface area contributed by atoms with Crippen molar-refractivity contribution in [2.75, 3.05) is 0 Å². The SMILES string of the molecule is CC(C)(C)c1ccc(-c2cccc3c(-c4ccc(-n5c6ccccc6c6cc(C(C)(C)C)ccc65)cc4)cc(CC(C)(C)c4ccc(-c5ccc(-c6ccccc6)cc5)cc4)cc23)cc1. The van der Waals surface area contributed by atoms with Gasteiger partial charge >= 0.3 is 0 Å². The van der Waals surface area contributed by atoms with Crippen LogP contribution >= 0.6 is 0 Å². The molecule has 0 saturated carbocycles. The molecule has 10 rings (SSSR count). The van der Waals surface area contributed by atoms with E-state index in [0.29, 0.717) is 0 Å². The molecule has 1 heteroatoms. The van der Waals surface area contributed by atoms with Crippen LogP contribution in [0.15, 0.2) is 200 Å². The first kappa shape index (κ1) is 42.0. The van der Waals surface area contributed by atoms with Crippen LogP contribution < -0.4 is 0 Å². The van der Waals surface area contributed by atoms with E-state index in [4.69, 9.17) is 0 Å². The van der Waals surface area contributed by atoms with Crippen LogP contribution in [0, 0.1) is 0 Å². The smallest absolute Gasteiger partial charge is 0.0541 e. The van der Waals surface area contributed by atoms with Gasteiger partial charge in [-0.15, -0.1) is 0 Å². The van der Waals surface area contributed by atoms with Crippen molar-refractivity contribution in [1.29, 1.82) is 0 Å². The van der Waals surface area contributed by atoms with Gasteiger partial charge in [-0.05, 0) is 131 Å². The Morgan fingerprint density at radius 2 is 0.815 bits per heavy atom. The Morgan fingerprint density at radius 1 is 0.323 bits per heavy atom. The fourth-order valence-electron chi connectivity index (χ4n) is 9.91. The van der Waals surface area contributed by atoms with E-state index in [1.54, 1.807) is 0 Å². The van der Waals surface area contributed by atoms with E-state index in [0.717, 1.165) is 6.42 Å². The zero-order valence-electron chi connectivity index (χ0n) is 39.2. The molecule has 0 bridgehead atoms. The molecule has 1 heterocycles. The third-order valence-electron chi connectivity index (χ3n) is 13.7. The predicted octanol–water partition coefficient (Wildman–Crippen LogP) is 17.7. The average Bonchev–Trinajstić information content (AvgIpc) is 3.65. The van der Waals surface area contributed by atoms with Crippen LogP contribution in [0.3, 0.4) is 0 Å². The standard InChI is InChI=1S/C64H59N/c1-62(2,3)50-31-27-48(28-32-50)54-18-14-19-55-57(49-29-36-53(37-30-49)65-60-20-13-12-17-56(60)59-41-52(63(4,5)6)35-38-61(59)65)39-43(40-58(54)55)42-64(7,8)51-33-25-47(26-34-51)46-23-21-45(22-24-46)44-15-10-9-11-16-44/h9-41H,42H2,1-8H3. The molecule has 0 aliphatic carbocycles. The first-order valence-corrected chi connectivity index (χ1v) is 23.3. The summed E-state index contributed by atoms with van der Waals surface area (Å²) in [5.41, 5.74) is 19.0. The summed E-state index contributed by atoms with van der Waals surface area (Å²) in [6.07, 6.45) is 0.897. The molecule has 0 atom stereocenters. The molecule has 0 unspecified atom stereocenters. The zero-order chi connectivity index (χ0) is 45.1. The summed E-state index contributed by atoms with van der Waals surface area (Å²) in [6, 6.07) is 74.9. The maximum atomic E-state index is 2.47. The number of rotatable bonds is 8. The largest absolute Gasteiger partial charge is 0.309 e. The third-order valence-corrected chi connectivity index (χ3v) is 13.7. The van der Waals surface area contributed by atoms with Gasteiger partial charge in [0.25, 0.3) is 0 Å². The second-order valence-electron chi connectivity index (χ2n) is 20.8. The molecule has 10 aromatic rings. The normalized spacial score (nSPS) is 12.4. The molecule has 0 saturated heterocycles. The van der Waals surface area contributed by atoms with Gasteiger partial charge in [0.15, 0.2) is 0 Å². The van der Waals surface area contributed by atoms with Crippen molar-refractivity contribution >= 4 is 32.6 Å². The predicted molar refractivity (Wildman–Crippen MR) is 281 cm³/mol. The quantitative estimate of drug-likeness (QED) is 0.144. The van der Waals surface area contributed by atoms with Gasteiger partial charge in [-0.1, -0.05) is 225 Å². The minimum Gasteiger partial charge on any atom is -0.309 e. The summed E-state index contributed by atoms with van der Waals surface area (Å²) < 4.78 is 2.43. The topological polar surface area (TPSA) is 4.93 Å². The molecule has 0 aliphatic rings. The van der Waals surface area contributed by atoms with E-state index < -0.39 is 0 Å². The van der Waals surface area contributed by atoms with Gasteiger partial charge in [0, 0.05) is 16.5 Å². The molecule has 320 valence electrons. The lowest BCUT2D eigenvalue weighted by Crippen LogP contribution is -2.20. The van der Waals surface area contributed by atoms with Crippen molar-refractivity contribution in [2.24, 2.45) is 0 Å². The summed E-state index contributed by atoms with van der Waals surface area (Å²) in [5, 5.41) is 5.14. The number of benzene rings is 9. The first-order valence-electron chi connectivity index (χ1n) is 23.3. The van der Waals surface area contributed by atoms with Gasteiger partial charge in [-0.3, -0.25) is 0 Å². The summed E-state index contributed by atoms with van der Waals surface area (Å²) in [6.45, 7) is 18.5.